The van der Waals surface area contributed by atoms with Gasteiger partial charge in [-0.2, -0.15) is 0 Å². The highest BCUT2D eigenvalue weighted by Gasteiger charge is 2.08. The monoisotopic (exact) mass is 310 g/mol. The number of hydrogen-bond donors (Lipinski definition) is 0. The first kappa shape index (κ1) is 15.1. The van der Waals surface area contributed by atoms with Crippen molar-refractivity contribution in [3.05, 3.63) is 52.0 Å². The molecule has 3 nitrogen and oxygen atoms in total. The predicted octanol–water partition coefficient (Wildman–Crippen LogP) is 3.95. The molecule has 0 aliphatic heterocycles. The number of imidazole rings is 1. The van der Waals surface area contributed by atoms with Gasteiger partial charge in [0, 0.05) is 28.4 Å². The van der Waals surface area contributed by atoms with E-state index in [0.29, 0.717) is 29.4 Å². The Hall–Kier alpha value is -1.32. The Morgan fingerprint density at radius 3 is 2.85 bits per heavy atom. The summed E-state index contributed by atoms with van der Waals surface area (Å²) in [6.07, 6.45) is 5.46. The molecule has 0 radical (unpaired) electrons. The molecule has 1 heterocycles. The number of ketones is 1. The molecule has 0 saturated heterocycles. The van der Waals surface area contributed by atoms with Crippen molar-refractivity contribution < 1.29 is 4.79 Å². The summed E-state index contributed by atoms with van der Waals surface area (Å²) in [6.45, 7) is 2.42. The van der Waals surface area contributed by atoms with Gasteiger partial charge in [-0.25, -0.2) is 4.98 Å². The molecule has 2 aromatic rings. The average molecular weight is 311 g/mol. The quantitative estimate of drug-likeness (QED) is 0.809. The minimum absolute atomic E-state index is 0.170. The van der Waals surface area contributed by atoms with E-state index >= 15 is 0 Å². The Balaban J connectivity index is 1.92. The second-order valence-electron chi connectivity index (χ2n) is 4.64. The van der Waals surface area contributed by atoms with E-state index in [1.165, 1.54) is 0 Å². The van der Waals surface area contributed by atoms with Crippen LogP contribution < -0.4 is 0 Å². The molecule has 0 fully saturated rings. The molecule has 0 aliphatic rings. The zero-order valence-corrected chi connectivity index (χ0v) is 12.8. The van der Waals surface area contributed by atoms with Gasteiger partial charge in [-0.3, -0.25) is 4.79 Å². The minimum Gasteiger partial charge on any atom is -0.327 e. The van der Waals surface area contributed by atoms with Crippen LogP contribution in [0.2, 0.25) is 10.0 Å². The van der Waals surface area contributed by atoms with Gasteiger partial charge in [-0.05, 0) is 30.5 Å². The number of halogens is 2. The van der Waals surface area contributed by atoms with Gasteiger partial charge >= 0.3 is 0 Å². The van der Waals surface area contributed by atoms with E-state index in [-0.39, 0.29) is 5.78 Å². The van der Waals surface area contributed by atoms with Crippen molar-refractivity contribution >= 4 is 29.0 Å². The molecule has 1 aromatic heterocycles. The molecule has 1 aromatic carbocycles. The fourth-order valence-corrected chi connectivity index (χ4v) is 2.56. The van der Waals surface area contributed by atoms with Crippen LogP contribution >= 0.6 is 23.2 Å². The average Bonchev–Trinajstić information content (AvgIpc) is 2.85. The van der Waals surface area contributed by atoms with Gasteiger partial charge in [0.15, 0.2) is 5.78 Å². The lowest BCUT2D eigenvalue weighted by Gasteiger charge is -2.07. The van der Waals surface area contributed by atoms with Crippen molar-refractivity contribution in [2.45, 2.75) is 32.7 Å². The summed E-state index contributed by atoms with van der Waals surface area (Å²) in [5.74, 6) is 0.170. The van der Waals surface area contributed by atoms with Crippen molar-refractivity contribution in [2.24, 2.45) is 0 Å². The van der Waals surface area contributed by atoms with E-state index in [1.807, 2.05) is 17.6 Å². The maximum Gasteiger partial charge on any atom is 0.152 e. The topological polar surface area (TPSA) is 34.9 Å². The lowest BCUT2D eigenvalue weighted by Crippen LogP contribution is -2.12. The summed E-state index contributed by atoms with van der Waals surface area (Å²) in [7, 11) is 0. The number of carbonyl (C=O) groups excluding carboxylic acids is 1. The predicted molar refractivity (Wildman–Crippen MR) is 81.4 cm³/mol. The Morgan fingerprint density at radius 2 is 2.15 bits per heavy atom. The van der Waals surface area contributed by atoms with Gasteiger partial charge in [-0.1, -0.05) is 36.2 Å². The summed E-state index contributed by atoms with van der Waals surface area (Å²) in [4.78, 5) is 16.1. The van der Waals surface area contributed by atoms with E-state index in [1.54, 1.807) is 24.7 Å². The largest absolute Gasteiger partial charge is 0.327 e. The number of hydrogen-bond acceptors (Lipinski definition) is 2. The summed E-state index contributed by atoms with van der Waals surface area (Å²) in [5, 5.41) is 1.22. The van der Waals surface area contributed by atoms with Crippen LogP contribution in [0, 0.1) is 0 Å². The first-order chi connectivity index (χ1) is 9.60. The van der Waals surface area contributed by atoms with Crippen molar-refractivity contribution in [1.29, 1.82) is 0 Å². The summed E-state index contributed by atoms with van der Waals surface area (Å²) < 4.78 is 1.89. The van der Waals surface area contributed by atoms with Gasteiger partial charge < -0.3 is 4.57 Å². The first-order valence-electron chi connectivity index (χ1n) is 6.54. The first-order valence-corrected chi connectivity index (χ1v) is 7.30. The number of aryl methyl sites for hydroxylation is 2. The van der Waals surface area contributed by atoms with Crippen molar-refractivity contribution in [3.8, 4) is 0 Å². The van der Waals surface area contributed by atoms with E-state index in [0.717, 1.165) is 17.7 Å². The van der Waals surface area contributed by atoms with E-state index in [2.05, 4.69) is 4.98 Å². The Labute approximate surface area is 128 Å². The molecule has 0 spiro atoms. The Bertz CT molecular complexity index is 608. The van der Waals surface area contributed by atoms with Gasteiger partial charge in [0.1, 0.15) is 0 Å². The third-order valence-electron chi connectivity index (χ3n) is 3.20. The zero-order valence-electron chi connectivity index (χ0n) is 11.3. The van der Waals surface area contributed by atoms with Gasteiger partial charge in [0.25, 0.3) is 0 Å². The Morgan fingerprint density at radius 1 is 1.35 bits per heavy atom. The summed E-state index contributed by atoms with van der Waals surface area (Å²) in [5.41, 5.74) is 2.02. The standard InChI is InChI=1S/C15H16Cl2N2O/c1-2-13-8-18-10-19(13)9-14(20)6-4-11-3-5-12(16)7-15(11)17/h3,5,7-8,10H,2,4,6,9H2,1H3. The number of rotatable bonds is 6. The lowest BCUT2D eigenvalue weighted by molar-refractivity contribution is -0.119. The van der Waals surface area contributed by atoms with Gasteiger partial charge in [0.2, 0.25) is 0 Å². The highest BCUT2D eigenvalue weighted by molar-refractivity contribution is 6.35. The molecule has 0 saturated carbocycles. The normalized spacial score (nSPS) is 10.8. The van der Waals surface area contributed by atoms with Crippen LogP contribution in [0.1, 0.15) is 24.6 Å². The van der Waals surface area contributed by atoms with Crippen LogP contribution in [-0.4, -0.2) is 15.3 Å². The second-order valence-corrected chi connectivity index (χ2v) is 5.48. The second kappa shape index (κ2) is 6.91. The molecule has 0 bridgehead atoms. The van der Waals surface area contributed by atoms with Crippen LogP contribution in [-0.2, 0) is 24.2 Å². The van der Waals surface area contributed by atoms with Crippen LogP contribution in [0.5, 0.6) is 0 Å². The summed E-state index contributed by atoms with van der Waals surface area (Å²) >= 11 is 11.9. The SMILES string of the molecule is CCc1cncn1CC(=O)CCc1ccc(Cl)cc1Cl. The van der Waals surface area contributed by atoms with Crippen LogP contribution in [0.25, 0.3) is 0 Å². The number of nitrogens with zero attached hydrogens (tertiary/aromatic N) is 2. The van der Waals surface area contributed by atoms with Gasteiger partial charge in [-0.15, -0.1) is 0 Å². The van der Waals surface area contributed by atoms with Crippen LogP contribution in [0.4, 0.5) is 0 Å². The molecule has 20 heavy (non-hydrogen) atoms. The third kappa shape index (κ3) is 3.84. The molecule has 106 valence electrons. The molecule has 0 N–H and O–H groups in total. The maximum atomic E-state index is 12.0. The highest BCUT2D eigenvalue weighted by Crippen LogP contribution is 2.22. The fourth-order valence-electron chi connectivity index (χ4n) is 2.05. The smallest absolute Gasteiger partial charge is 0.152 e. The van der Waals surface area contributed by atoms with Crippen molar-refractivity contribution in [3.63, 3.8) is 0 Å². The van der Waals surface area contributed by atoms with E-state index < -0.39 is 0 Å². The lowest BCUT2D eigenvalue weighted by atomic mass is 10.1. The number of Topliss-reactive ketones (excluding diaryl/α,β-unsaturated/α-hetero) is 1. The molecule has 5 heteroatoms. The highest BCUT2D eigenvalue weighted by atomic mass is 35.5. The third-order valence-corrected chi connectivity index (χ3v) is 3.78. The van der Waals surface area contributed by atoms with Gasteiger partial charge in [0.05, 0.1) is 12.9 Å². The van der Waals surface area contributed by atoms with E-state index in [4.69, 9.17) is 23.2 Å². The number of benzene rings is 1. The fraction of sp³-hybridized carbons (Fsp3) is 0.333. The molecular formula is C15H16Cl2N2O. The molecule has 0 amide bonds. The molecule has 0 atom stereocenters. The molecule has 2 rings (SSSR count). The minimum atomic E-state index is 0.170. The van der Waals surface area contributed by atoms with Crippen molar-refractivity contribution in [2.75, 3.05) is 0 Å². The number of carbonyl (C=O) groups is 1. The van der Waals surface area contributed by atoms with E-state index in [9.17, 15) is 4.79 Å². The molecular weight excluding hydrogens is 295 g/mol. The number of aromatic nitrogens is 2. The van der Waals surface area contributed by atoms with Crippen LogP contribution in [0.3, 0.4) is 0 Å². The summed E-state index contributed by atoms with van der Waals surface area (Å²) in [6, 6.07) is 5.36. The maximum absolute atomic E-state index is 12.0. The van der Waals surface area contributed by atoms with Crippen molar-refractivity contribution in [1.82, 2.24) is 9.55 Å². The molecule has 0 unspecified atom stereocenters. The molecule has 0 aliphatic carbocycles. The zero-order chi connectivity index (χ0) is 14.5. The Kier molecular flexibility index (Phi) is 5.21. The van der Waals surface area contributed by atoms with Crippen LogP contribution in [0.15, 0.2) is 30.7 Å².